The summed E-state index contributed by atoms with van der Waals surface area (Å²) in [6.45, 7) is 8.51. The Morgan fingerprint density at radius 3 is 2.21 bits per heavy atom. The normalized spacial score (nSPS) is 11.6. The second-order valence-corrected chi connectivity index (χ2v) is 4.96. The zero-order chi connectivity index (χ0) is 10.9. The standard InChI is InChI=1S/C12H17ClO/c1-8-6-9(12(2,3)4)11(14-5)7-10(8)13/h6-7H,1-5H3. The monoisotopic (exact) mass is 212 g/mol. The van der Waals surface area contributed by atoms with Crippen LogP contribution < -0.4 is 4.74 Å². The van der Waals surface area contributed by atoms with Crippen LogP contribution in [0.5, 0.6) is 5.75 Å². The van der Waals surface area contributed by atoms with Crippen LogP contribution in [0.3, 0.4) is 0 Å². The van der Waals surface area contributed by atoms with Crippen LogP contribution in [0.25, 0.3) is 0 Å². The summed E-state index contributed by atoms with van der Waals surface area (Å²) in [4.78, 5) is 0. The van der Waals surface area contributed by atoms with E-state index in [1.807, 2.05) is 13.0 Å². The van der Waals surface area contributed by atoms with E-state index in [9.17, 15) is 0 Å². The van der Waals surface area contributed by atoms with Crippen molar-refractivity contribution in [2.75, 3.05) is 7.11 Å². The van der Waals surface area contributed by atoms with E-state index in [1.54, 1.807) is 7.11 Å². The highest BCUT2D eigenvalue weighted by Gasteiger charge is 2.19. The van der Waals surface area contributed by atoms with Crippen molar-refractivity contribution in [1.29, 1.82) is 0 Å². The predicted molar refractivity (Wildman–Crippen MR) is 61.4 cm³/mol. The topological polar surface area (TPSA) is 9.23 Å². The first-order valence-electron chi connectivity index (χ1n) is 4.71. The van der Waals surface area contributed by atoms with Gasteiger partial charge in [0.25, 0.3) is 0 Å². The summed E-state index contributed by atoms with van der Waals surface area (Å²) in [6, 6.07) is 3.98. The lowest BCUT2D eigenvalue weighted by atomic mass is 9.85. The molecule has 1 aromatic carbocycles. The molecule has 0 saturated carbocycles. The average Bonchev–Trinajstić information content (AvgIpc) is 2.07. The lowest BCUT2D eigenvalue weighted by Crippen LogP contribution is -2.13. The first kappa shape index (κ1) is 11.4. The number of halogens is 1. The summed E-state index contributed by atoms with van der Waals surface area (Å²) in [6.07, 6.45) is 0. The van der Waals surface area contributed by atoms with E-state index >= 15 is 0 Å². The van der Waals surface area contributed by atoms with Crippen LogP contribution in [0.2, 0.25) is 5.02 Å². The SMILES string of the molecule is COc1cc(Cl)c(C)cc1C(C)(C)C. The zero-order valence-corrected chi connectivity index (χ0v) is 10.2. The van der Waals surface area contributed by atoms with Crippen molar-refractivity contribution in [3.8, 4) is 5.75 Å². The van der Waals surface area contributed by atoms with Gasteiger partial charge in [-0.05, 0) is 29.5 Å². The lowest BCUT2D eigenvalue weighted by Gasteiger charge is -2.23. The molecule has 0 radical (unpaired) electrons. The summed E-state index contributed by atoms with van der Waals surface area (Å²) < 4.78 is 5.32. The number of hydrogen-bond acceptors (Lipinski definition) is 1. The van der Waals surface area contributed by atoms with Crippen LogP contribution in [0.15, 0.2) is 12.1 Å². The molecule has 0 aromatic heterocycles. The summed E-state index contributed by atoms with van der Waals surface area (Å²) in [7, 11) is 1.68. The van der Waals surface area contributed by atoms with Crippen LogP contribution in [-0.4, -0.2) is 7.11 Å². The van der Waals surface area contributed by atoms with Gasteiger partial charge >= 0.3 is 0 Å². The molecular formula is C12H17ClO. The fraction of sp³-hybridized carbons (Fsp3) is 0.500. The molecule has 0 fully saturated rings. The van der Waals surface area contributed by atoms with Gasteiger partial charge in [0.2, 0.25) is 0 Å². The van der Waals surface area contributed by atoms with Crippen molar-refractivity contribution in [3.63, 3.8) is 0 Å². The third kappa shape index (κ3) is 2.21. The van der Waals surface area contributed by atoms with Gasteiger partial charge in [0.05, 0.1) is 7.11 Å². The van der Waals surface area contributed by atoms with E-state index in [4.69, 9.17) is 16.3 Å². The minimum Gasteiger partial charge on any atom is -0.496 e. The third-order valence-electron chi connectivity index (χ3n) is 2.29. The van der Waals surface area contributed by atoms with E-state index in [0.717, 1.165) is 16.3 Å². The van der Waals surface area contributed by atoms with Gasteiger partial charge in [-0.2, -0.15) is 0 Å². The molecule has 1 aromatic rings. The quantitative estimate of drug-likeness (QED) is 0.685. The Morgan fingerprint density at radius 1 is 1.21 bits per heavy atom. The Bertz CT molecular complexity index is 337. The molecule has 0 aliphatic rings. The van der Waals surface area contributed by atoms with Gasteiger partial charge in [0, 0.05) is 5.02 Å². The van der Waals surface area contributed by atoms with Crippen molar-refractivity contribution in [3.05, 3.63) is 28.3 Å². The maximum Gasteiger partial charge on any atom is 0.124 e. The molecule has 0 unspecified atom stereocenters. The number of methoxy groups -OCH3 is 1. The number of aryl methyl sites for hydroxylation is 1. The van der Waals surface area contributed by atoms with Gasteiger partial charge < -0.3 is 4.74 Å². The average molecular weight is 213 g/mol. The van der Waals surface area contributed by atoms with E-state index in [2.05, 4.69) is 26.8 Å². The number of hydrogen-bond donors (Lipinski definition) is 0. The van der Waals surface area contributed by atoms with E-state index < -0.39 is 0 Å². The van der Waals surface area contributed by atoms with Crippen molar-refractivity contribution >= 4 is 11.6 Å². The minimum absolute atomic E-state index is 0.0840. The maximum absolute atomic E-state index is 6.03. The van der Waals surface area contributed by atoms with E-state index in [0.29, 0.717) is 0 Å². The fourth-order valence-electron chi connectivity index (χ4n) is 1.42. The summed E-state index contributed by atoms with van der Waals surface area (Å²) in [5, 5.41) is 0.759. The molecule has 0 bridgehead atoms. The van der Waals surface area contributed by atoms with E-state index in [-0.39, 0.29) is 5.41 Å². The molecule has 0 aliphatic heterocycles. The second-order valence-electron chi connectivity index (χ2n) is 4.55. The maximum atomic E-state index is 6.03. The molecular weight excluding hydrogens is 196 g/mol. The molecule has 0 N–H and O–H groups in total. The fourth-order valence-corrected chi connectivity index (χ4v) is 1.57. The van der Waals surface area contributed by atoms with Crippen molar-refractivity contribution < 1.29 is 4.74 Å². The number of ether oxygens (including phenoxy) is 1. The zero-order valence-electron chi connectivity index (χ0n) is 9.44. The molecule has 0 aliphatic carbocycles. The molecule has 0 saturated heterocycles. The summed E-state index contributed by atoms with van der Waals surface area (Å²) in [5.41, 5.74) is 2.38. The highest BCUT2D eigenvalue weighted by Crippen LogP contribution is 2.34. The van der Waals surface area contributed by atoms with Gasteiger partial charge in [0.15, 0.2) is 0 Å². The molecule has 1 nitrogen and oxygen atoms in total. The van der Waals surface area contributed by atoms with Crippen molar-refractivity contribution in [1.82, 2.24) is 0 Å². The molecule has 0 atom stereocenters. The first-order chi connectivity index (χ1) is 6.36. The summed E-state index contributed by atoms with van der Waals surface area (Å²) in [5.74, 6) is 0.869. The van der Waals surface area contributed by atoms with Crippen molar-refractivity contribution in [2.45, 2.75) is 33.1 Å². The van der Waals surface area contributed by atoms with Crippen LogP contribution in [0.1, 0.15) is 31.9 Å². The highest BCUT2D eigenvalue weighted by molar-refractivity contribution is 6.31. The van der Waals surface area contributed by atoms with Gasteiger partial charge in [-0.3, -0.25) is 0 Å². The molecule has 0 heterocycles. The second kappa shape index (κ2) is 3.82. The predicted octanol–water partition coefficient (Wildman–Crippen LogP) is 3.95. The molecule has 2 heteroatoms. The van der Waals surface area contributed by atoms with Gasteiger partial charge in [-0.15, -0.1) is 0 Å². The van der Waals surface area contributed by atoms with Crippen LogP contribution >= 0.6 is 11.6 Å². The van der Waals surface area contributed by atoms with Crippen LogP contribution in [0, 0.1) is 6.92 Å². The van der Waals surface area contributed by atoms with Crippen LogP contribution in [-0.2, 0) is 5.41 Å². The Morgan fingerprint density at radius 2 is 1.79 bits per heavy atom. The number of benzene rings is 1. The highest BCUT2D eigenvalue weighted by atomic mass is 35.5. The Labute approximate surface area is 91.0 Å². The van der Waals surface area contributed by atoms with Gasteiger partial charge in [0.1, 0.15) is 5.75 Å². The Kier molecular flexibility index (Phi) is 3.10. The molecule has 14 heavy (non-hydrogen) atoms. The molecule has 0 amide bonds. The lowest BCUT2D eigenvalue weighted by molar-refractivity contribution is 0.397. The van der Waals surface area contributed by atoms with Gasteiger partial charge in [-0.1, -0.05) is 38.4 Å². The molecule has 0 spiro atoms. The first-order valence-corrected chi connectivity index (χ1v) is 5.08. The number of rotatable bonds is 1. The van der Waals surface area contributed by atoms with Gasteiger partial charge in [-0.25, -0.2) is 0 Å². The minimum atomic E-state index is 0.0840. The third-order valence-corrected chi connectivity index (χ3v) is 2.70. The van der Waals surface area contributed by atoms with Crippen molar-refractivity contribution in [2.24, 2.45) is 0 Å². The largest absolute Gasteiger partial charge is 0.496 e. The van der Waals surface area contributed by atoms with E-state index in [1.165, 1.54) is 5.56 Å². The Hall–Kier alpha value is -0.690. The molecule has 1 rings (SSSR count). The summed E-state index contributed by atoms with van der Waals surface area (Å²) >= 11 is 6.03. The molecule has 78 valence electrons. The smallest absolute Gasteiger partial charge is 0.124 e. The Balaban J connectivity index is 3.35. The van der Waals surface area contributed by atoms with Crippen LogP contribution in [0.4, 0.5) is 0 Å².